The van der Waals surface area contributed by atoms with Crippen LogP contribution in [-0.4, -0.2) is 38.5 Å². The van der Waals surface area contributed by atoms with E-state index >= 15 is 0 Å². The maximum Gasteiger partial charge on any atom is 0.0724 e. The predicted octanol–water partition coefficient (Wildman–Crippen LogP) is 3.13. The van der Waals surface area contributed by atoms with Gasteiger partial charge in [0.05, 0.1) is 12.2 Å². The summed E-state index contributed by atoms with van der Waals surface area (Å²) < 4.78 is 11.4. The Morgan fingerprint density at radius 1 is 1.28 bits per heavy atom. The quantitative estimate of drug-likeness (QED) is 0.652. The lowest BCUT2D eigenvalue weighted by Crippen LogP contribution is -2.41. The van der Waals surface area contributed by atoms with Crippen molar-refractivity contribution >= 4 is 0 Å². The van der Waals surface area contributed by atoms with E-state index < -0.39 is 0 Å². The molecule has 1 aliphatic heterocycles. The third-order valence-electron chi connectivity index (χ3n) is 3.80. The second-order valence-electron chi connectivity index (χ2n) is 5.34. The van der Waals surface area contributed by atoms with Gasteiger partial charge in [0.2, 0.25) is 0 Å². The van der Waals surface area contributed by atoms with Gasteiger partial charge in [0.15, 0.2) is 0 Å². The van der Waals surface area contributed by atoms with Crippen LogP contribution in [0.25, 0.3) is 0 Å². The Morgan fingerprint density at radius 3 is 2.67 bits per heavy atom. The standard InChI is InChI=1S/C15H31NO2/c1-4-7-15(17-3)14(16-11-5-2)10-9-13-8-6-12-18-13/h13-16H,4-12H2,1-3H3. The van der Waals surface area contributed by atoms with Gasteiger partial charge in [-0.2, -0.15) is 0 Å². The normalized spacial score (nSPS) is 23.2. The Kier molecular flexibility index (Phi) is 8.64. The van der Waals surface area contributed by atoms with E-state index in [2.05, 4.69) is 19.2 Å². The fourth-order valence-electron chi connectivity index (χ4n) is 2.75. The number of nitrogens with one attached hydrogen (secondary N) is 1. The maximum absolute atomic E-state index is 5.71. The minimum Gasteiger partial charge on any atom is -0.380 e. The first kappa shape index (κ1) is 15.9. The number of methoxy groups -OCH3 is 1. The zero-order chi connectivity index (χ0) is 13.2. The number of ether oxygens (including phenoxy) is 2. The van der Waals surface area contributed by atoms with Crippen LogP contribution in [0, 0.1) is 0 Å². The van der Waals surface area contributed by atoms with E-state index in [-0.39, 0.29) is 0 Å². The Balaban J connectivity index is 2.36. The Bertz CT molecular complexity index is 193. The van der Waals surface area contributed by atoms with Crippen LogP contribution in [0.2, 0.25) is 0 Å². The molecule has 0 aromatic carbocycles. The Morgan fingerprint density at radius 2 is 2.11 bits per heavy atom. The smallest absolute Gasteiger partial charge is 0.0724 e. The van der Waals surface area contributed by atoms with Crippen LogP contribution >= 0.6 is 0 Å². The van der Waals surface area contributed by atoms with Gasteiger partial charge in [0, 0.05) is 19.8 Å². The van der Waals surface area contributed by atoms with Crippen LogP contribution in [0.3, 0.4) is 0 Å². The molecule has 0 aromatic heterocycles. The molecular weight excluding hydrogens is 226 g/mol. The first-order chi connectivity index (χ1) is 8.81. The van der Waals surface area contributed by atoms with E-state index in [9.17, 15) is 0 Å². The fourth-order valence-corrected chi connectivity index (χ4v) is 2.75. The largest absolute Gasteiger partial charge is 0.380 e. The molecular formula is C15H31NO2. The summed E-state index contributed by atoms with van der Waals surface area (Å²) in [6.07, 6.45) is 9.17. The van der Waals surface area contributed by atoms with Crippen molar-refractivity contribution in [3.63, 3.8) is 0 Å². The van der Waals surface area contributed by atoms with E-state index in [4.69, 9.17) is 9.47 Å². The lowest BCUT2D eigenvalue weighted by molar-refractivity contribution is 0.0469. The van der Waals surface area contributed by atoms with Gasteiger partial charge in [-0.15, -0.1) is 0 Å². The number of rotatable bonds is 10. The van der Waals surface area contributed by atoms with Crippen molar-refractivity contribution < 1.29 is 9.47 Å². The van der Waals surface area contributed by atoms with E-state index in [1.807, 2.05) is 7.11 Å². The summed E-state index contributed by atoms with van der Waals surface area (Å²) in [5.41, 5.74) is 0. The van der Waals surface area contributed by atoms with E-state index in [0.29, 0.717) is 18.2 Å². The van der Waals surface area contributed by atoms with Gasteiger partial charge in [0.25, 0.3) is 0 Å². The SMILES string of the molecule is CCCNC(CCC1CCCO1)C(CCC)OC. The van der Waals surface area contributed by atoms with E-state index in [1.54, 1.807) is 0 Å². The molecule has 3 heteroatoms. The van der Waals surface area contributed by atoms with Crippen molar-refractivity contribution in [1.29, 1.82) is 0 Å². The van der Waals surface area contributed by atoms with Crippen molar-refractivity contribution in [2.75, 3.05) is 20.3 Å². The highest BCUT2D eigenvalue weighted by Gasteiger charge is 2.23. The van der Waals surface area contributed by atoms with Crippen molar-refractivity contribution in [2.24, 2.45) is 0 Å². The van der Waals surface area contributed by atoms with Crippen LogP contribution in [0.15, 0.2) is 0 Å². The first-order valence-corrected chi connectivity index (χ1v) is 7.69. The molecule has 1 saturated heterocycles. The predicted molar refractivity (Wildman–Crippen MR) is 76.0 cm³/mol. The van der Waals surface area contributed by atoms with Gasteiger partial charge in [0.1, 0.15) is 0 Å². The van der Waals surface area contributed by atoms with Crippen LogP contribution in [0.4, 0.5) is 0 Å². The average molecular weight is 257 g/mol. The highest BCUT2D eigenvalue weighted by atomic mass is 16.5. The molecule has 3 unspecified atom stereocenters. The summed E-state index contributed by atoms with van der Waals surface area (Å²) >= 11 is 0. The molecule has 1 rings (SSSR count). The topological polar surface area (TPSA) is 30.5 Å². The van der Waals surface area contributed by atoms with Crippen LogP contribution in [-0.2, 0) is 9.47 Å². The van der Waals surface area contributed by atoms with Gasteiger partial charge in [-0.05, 0) is 45.1 Å². The molecule has 1 aliphatic rings. The minimum atomic E-state index is 0.350. The van der Waals surface area contributed by atoms with Crippen molar-refractivity contribution in [2.45, 2.75) is 77.0 Å². The zero-order valence-electron chi connectivity index (χ0n) is 12.4. The molecule has 1 fully saturated rings. The summed E-state index contributed by atoms with van der Waals surface area (Å²) in [7, 11) is 1.84. The molecule has 1 heterocycles. The van der Waals surface area contributed by atoms with Gasteiger partial charge < -0.3 is 14.8 Å². The molecule has 0 bridgehead atoms. The molecule has 108 valence electrons. The van der Waals surface area contributed by atoms with Crippen molar-refractivity contribution in [3.8, 4) is 0 Å². The van der Waals surface area contributed by atoms with E-state index in [0.717, 1.165) is 19.6 Å². The summed E-state index contributed by atoms with van der Waals surface area (Å²) in [6.45, 7) is 6.48. The molecule has 0 aliphatic carbocycles. The van der Waals surface area contributed by atoms with Crippen molar-refractivity contribution in [1.82, 2.24) is 5.32 Å². The molecule has 0 aromatic rings. The molecule has 0 radical (unpaired) electrons. The maximum atomic E-state index is 5.71. The highest BCUT2D eigenvalue weighted by molar-refractivity contribution is 4.79. The van der Waals surface area contributed by atoms with Crippen LogP contribution in [0.5, 0.6) is 0 Å². The molecule has 1 N–H and O–H groups in total. The Labute approximate surface area is 113 Å². The monoisotopic (exact) mass is 257 g/mol. The molecule has 3 nitrogen and oxygen atoms in total. The summed E-state index contributed by atoms with van der Waals surface area (Å²) in [6, 6.07) is 0.485. The van der Waals surface area contributed by atoms with Crippen LogP contribution in [0.1, 0.15) is 58.8 Å². The fraction of sp³-hybridized carbons (Fsp3) is 1.00. The molecule has 0 amide bonds. The lowest BCUT2D eigenvalue weighted by Gasteiger charge is -2.27. The lowest BCUT2D eigenvalue weighted by atomic mass is 9.98. The zero-order valence-corrected chi connectivity index (χ0v) is 12.4. The molecule has 0 saturated carbocycles. The third-order valence-corrected chi connectivity index (χ3v) is 3.80. The van der Waals surface area contributed by atoms with Gasteiger partial charge in [-0.1, -0.05) is 20.3 Å². The minimum absolute atomic E-state index is 0.350. The highest BCUT2D eigenvalue weighted by Crippen LogP contribution is 2.20. The first-order valence-electron chi connectivity index (χ1n) is 7.69. The second kappa shape index (κ2) is 9.76. The average Bonchev–Trinajstić information content (AvgIpc) is 2.90. The van der Waals surface area contributed by atoms with Crippen LogP contribution < -0.4 is 5.32 Å². The van der Waals surface area contributed by atoms with Crippen molar-refractivity contribution in [3.05, 3.63) is 0 Å². The summed E-state index contributed by atoms with van der Waals surface area (Å²) in [5, 5.41) is 3.65. The van der Waals surface area contributed by atoms with Gasteiger partial charge >= 0.3 is 0 Å². The summed E-state index contributed by atoms with van der Waals surface area (Å²) in [4.78, 5) is 0. The number of hydrogen-bond acceptors (Lipinski definition) is 3. The Hall–Kier alpha value is -0.120. The molecule has 0 spiro atoms. The number of hydrogen-bond donors (Lipinski definition) is 1. The van der Waals surface area contributed by atoms with E-state index in [1.165, 1.54) is 38.5 Å². The van der Waals surface area contributed by atoms with Gasteiger partial charge in [-0.3, -0.25) is 0 Å². The third kappa shape index (κ3) is 5.68. The summed E-state index contributed by atoms with van der Waals surface area (Å²) in [5.74, 6) is 0. The second-order valence-corrected chi connectivity index (χ2v) is 5.34. The molecule has 18 heavy (non-hydrogen) atoms. The van der Waals surface area contributed by atoms with Gasteiger partial charge in [-0.25, -0.2) is 0 Å². The molecule has 3 atom stereocenters.